The third-order valence-electron chi connectivity index (χ3n) is 4.87. The van der Waals surface area contributed by atoms with Crippen LogP contribution in [0.4, 0.5) is 5.00 Å². The average molecular weight is 388 g/mol. The molecule has 1 N–H and O–H groups in total. The number of fused-ring (bicyclic) bond motifs is 1. The van der Waals surface area contributed by atoms with Crippen molar-refractivity contribution in [3.63, 3.8) is 0 Å². The number of thiophene rings is 1. The fraction of sp³-hybridized carbons (Fsp3) is 0.556. The number of nitriles is 1. The zero-order valence-corrected chi connectivity index (χ0v) is 16.4. The second-order valence-electron chi connectivity index (χ2n) is 6.72. The second-order valence-corrected chi connectivity index (χ2v) is 8.77. The van der Waals surface area contributed by atoms with Crippen LogP contribution < -0.4 is 5.32 Å². The number of rotatable bonds is 6. The summed E-state index contributed by atoms with van der Waals surface area (Å²) in [5.41, 5.74) is 1.81. The van der Waals surface area contributed by atoms with Gasteiger partial charge in [0, 0.05) is 17.3 Å². The SMILES string of the molecule is CCn1c(SCC(=O)Nc2sc3c(c2C#N)CCCC3)nnc1C1CC1. The molecule has 0 saturated heterocycles. The highest BCUT2D eigenvalue weighted by Crippen LogP contribution is 2.40. The lowest BCUT2D eigenvalue weighted by Crippen LogP contribution is -2.14. The van der Waals surface area contributed by atoms with Crippen molar-refractivity contribution in [2.75, 3.05) is 11.1 Å². The van der Waals surface area contributed by atoms with Crippen LogP contribution in [-0.2, 0) is 24.2 Å². The van der Waals surface area contributed by atoms with Crippen LogP contribution in [0.25, 0.3) is 0 Å². The minimum Gasteiger partial charge on any atom is -0.316 e. The Morgan fingerprint density at radius 1 is 1.38 bits per heavy atom. The molecule has 0 aromatic carbocycles. The summed E-state index contributed by atoms with van der Waals surface area (Å²) in [6.07, 6.45) is 6.62. The van der Waals surface area contributed by atoms with Crippen molar-refractivity contribution in [1.82, 2.24) is 14.8 Å². The summed E-state index contributed by atoms with van der Waals surface area (Å²) >= 11 is 2.98. The summed E-state index contributed by atoms with van der Waals surface area (Å²) in [6.45, 7) is 2.90. The Bertz CT molecular complexity index is 875. The molecule has 1 saturated carbocycles. The Balaban J connectivity index is 1.42. The Hall–Kier alpha value is -1.85. The van der Waals surface area contributed by atoms with E-state index in [-0.39, 0.29) is 11.7 Å². The first-order valence-electron chi connectivity index (χ1n) is 9.11. The first-order chi connectivity index (χ1) is 12.7. The summed E-state index contributed by atoms with van der Waals surface area (Å²) in [4.78, 5) is 13.7. The maximum atomic E-state index is 12.4. The van der Waals surface area contributed by atoms with E-state index in [1.807, 2.05) is 0 Å². The standard InChI is InChI=1S/C18H21N5OS2/c1-2-23-16(11-7-8-11)21-22-18(23)25-10-15(24)20-17-13(9-19)12-5-3-4-6-14(12)26-17/h11H,2-8,10H2,1H3,(H,20,24). The smallest absolute Gasteiger partial charge is 0.235 e. The van der Waals surface area contributed by atoms with Gasteiger partial charge < -0.3 is 9.88 Å². The highest BCUT2D eigenvalue weighted by atomic mass is 32.2. The van der Waals surface area contributed by atoms with Crippen LogP contribution >= 0.6 is 23.1 Å². The summed E-state index contributed by atoms with van der Waals surface area (Å²) in [5.74, 6) is 1.77. The lowest BCUT2D eigenvalue weighted by Gasteiger charge is -2.09. The van der Waals surface area contributed by atoms with Gasteiger partial charge in [0.1, 0.15) is 16.9 Å². The molecule has 4 rings (SSSR count). The summed E-state index contributed by atoms with van der Waals surface area (Å²) in [6, 6.07) is 2.29. The molecule has 1 amide bonds. The van der Waals surface area contributed by atoms with Gasteiger partial charge in [-0.3, -0.25) is 4.79 Å². The van der Waals surface area contributed by atoms with Gasteiger partial charge >= 0.3 is 0 Å². The van der Waals surface area contributed by atoms with E-state index in [9.17, 15) is 10.1 Å². The van der Waals surface area contributed by atoms with Crippen molar-refractivity contribution in [2.45, 2.75) is 63.1 Å². The number of carbonyl (C=O) groups is 1. The Labute approximate surface area is 161 Å². The monoisotopic (exact) mass is 387 g/mol. The van der Waals surface area contributed by atoms with E-state index in [0.29, 0.717) is 16.5 Å². The number of anilines is 1. The molecule has 0 unspecified atom stereocenters. The van der Waals surface area contributed by atoms with Crippen LogP contribution in [0.5, 0.6) is 0 Å². The van der Waals surface area contributed by atoms with Crippen molar-refractivity contribution in [2.24, 2.45) is 0 Å². The third-order valence-corrected chi connectivity index (χ3v) is 7.05. The predicted octanol–water partition coefficient (Wildman–Crippen LogP) is 3.72. The molecule has 2 heterocycles. The minimum absolute atomic E-state index is 0.0938. The molecule has 0 bridgehead atoms. The van der Waals surface area contributed by atoms with Crippen LogP contribution in [0, 0.1) is 11.3 Å². The molecule has 2 aromatic rings. The first kappa shape index (κ1) is 17.6. The number of nitrogens with one attached hydrogen (secondary N) is 1. The average Bonchev–Trinajstić information content (AvgIpc) is 3.31. The van der Waals surface area contributed by atoms with E-state index in [1.165, 1.54) is 29.5 Å². The highest BCUT2D eigenvalue weighted by molar-refractivity contribution is 7.99. The molecule has 0 spiro atoms. The number of amides is 1. The van der Waals surface area contributed by atoms with Crippen LogP contribution in [0.15, 0.2) is 5.16 Å². The number of thioether (sulfide) groups is 1. The molecule has 2 aliphatic carbocycles. The molecule has 2 aliphatic rings. The molecular weight excluding hydrogens is 366 g/mol. The Kier molecular flexibility index (Phi) is 5.00. The topological polar surface area (TPSA) is 83.6 Å². The van der Waals surface area contributed by atoms with Crippen LogP contribution in [0.3, 0.4) is 0 Å². The lowest BCUT2D eigenvalue weighted by molar-refractivity contribution is -0.113. The minimum atomic E-state index is -0.0938. The number of aromatic nitrogens is 3. The molecule has 1 fully saturated rings. The first-order valence-corrected chi connectivity index (χ1v) is 10.9. The van der Waals surface area contributed by atoms with Crippen LogP contribution in [-0.4, -0.2) is 26.4 Å². The molecule has 26 heavy (non-hydrogen) atoms. The summed E-state index contributed by atoms with van der Waals surface area (Å²) in [5, 5.41) is 22.5. The molecular formula is C18H21N5OS2. The Morgan fingerprint density at radius 2 is 2.19 bits per heavy atom. The lowest BCUT2D eigenvalue weighted by atomic mass is 9.96. The second kappa shape index (κ2) is 7.41. The Morgan fingerprint density at radius 3 is 2.92 bits per heavy atom. The largest absolute Gasteiger partial charge is 0.316 e. The number of nitrogens with zero attached hydrogens (tertiary/aromatic N) is 4. The van der Waals surface area contributed by atoms with E-state index < -0.39 is 0 Å². The molecule has 2 aromatic heterocycles. The zero-order valence-electron chi connectivity index (χ0n) is 14.7. The van der Waals surface area contributed by atoms with Crippen molar-refractivity contribution in [3.05, 3.63) is 21.8 Å². The number of aryl methyl sites for hydroxylation is 1. The van der Waals surface area contributed by atoms with E-state index in [2.05, 4.69) is 33.1 Å². The molecule has 8 heteroatoms. The van der Waals surface area contributed by atoms with Crippen molar-refractivity contribution >= 4 is 34.0 Å². The van der Waals surface area contributed by atoms with Crippen molar-refractivity contribution < 1.29 is 4.79 Å². The van der Waals surface area contributed by atoms with Gasteiger partial charge in [0.05, 0.1) is 11.3 Å². The van der Waals surface area contributed by atoms with Crippen molar-refractivity contribution in [1.29, 1.82) is 5.26 Å². The van der Waals surface area contributed by atoms with Crippen LogP contribution in [0.2, 0.25) is 0 Å². The highest BCUT2D eigenvalue weighted by Gasteiger charge is 2.30. The quantitative estimate of drug-likeness (QED) is 0.764. The number of hydrogen-bond acceptors (Lipinski definition) is 6. The third kappa shape index (κ3) is 3.38. The van der Waals surface area contributed by atoms with Gasteiger partial charge in [-0.05, 0) is 51.0 Å². The molecule has 0 radical (unpaired) electrons. The number of hydrogen-bond donors (Lipinski definition) is 1. The molecule has 6 nitrogen and oxygen atoms in total. The van der Waals surface area contributed by atoms with Gasteiger partial charge in [-0.2, -0.15) is 5.26 Å². The van der Waals surface area contributed by atoms with Gasteiger partial charge in [0.15, 0.2) is 5.16 Å². The van der Waals surface area contributed by atoms with E-state index in [0.717, 1.165) is 48.8 Å². The van der Waals surface area contributed by atoms with Crippen LogP contribution in [0.1, 0.15) is 60.4 Å². The van der Waals surface area contributed by atoms with Crippen molar-refractivity contribution in [3.8, 4) is 6.07 Å². The molecule has 136 valence electrons. The van der Waals surface area contributed by atoms with Gasteiger partial charge in [0.2, 0.25) is 5.91 Å². The normalized spacial score (nSPS) is 16.2. The maximum Gasteiger partial charge on any atom is 0.235 e. The summed E-state index contributed by atoms with van der Waals surface area (Å²) < 4.78 is 2.11. The van der Waals surface area contributed by atoms with E-state index in [1.54, 1.807) is 11.3 Å². The molecule has 0 aliphatic heterocycles. The fourth-order valence-electron chi connectivity index (χ4n) is 3.41. The van der Waals surface area contributed by atoms with Gasteiger partial charge in [-0.25, -0.2) is 0 Å². The fourth-order valence-corrected chi connectivity index (χ4v) is 5.48. The predicted molar refractivity (Wildman–Crippen MR) is 103 cm³/mol. The van der Waals surface area contributed by atoms with E-state index in [4.69, 9.17) is 0 Å². The van der Waals surface area contributed by atoms with Gasteiger partial charge in [0.25, 0.3) is 0 Å². The maximum absolute atomic E-state index is 12.4. The van der Waals surface area contributed by atoms with Gasteiger partial charge in [-0.15, -0.1) is 21.5 Å². The van der Waals surface area contributed by atoms with E-state index >= 15 is 0 Å². The zero-order chi connectivity index (χ0) is 18.1. The summed E-state index contributed by atoms with van der Waals surface area (Å²) in [7, 11) is 0. The van der Waals surface area contributed by atoms with Gasteiger partial charge in [-0.1, -0.05) is 11.8 Å². The molecule has 0 atom stereocenters. The number of carbonyl (C=O) groups excluding carboxylic acids is 1.